The van der Waals surface area contributed by atoms with Crippen LogP contribution >= 0.6 is 15.9 Å². The van der Waals surface area contributed by atoms with E-state index in [1.807, 2.05) is 19.1 Å². The predicted molar refractivity (Wildman–Crippen MR) is 81.2 cm³/mol. The first-order valence-corrected chi connectivity index (χ1v) is 7.09. The normalized spacial score (nSPS) is 12.0. The Labute approximate surface area is 126 Å². The van der Waals surface area contributed by atoms with E-state index in [1.165, 1.54) is 6.07 Å². The van der Waals surface area contributed by atoms with Gasteiger partial charge in [0.15, 0.2) is 0 Å². The third kappa shape index (κ3) is 3.45. The fraction of sp³-hybridized carbons (Fsp3) is 0.188. The fourth-order valence-corrected chi connectivity index (χ4v) is 2.27. The van der Waals surface area contributed by atoms with Gasteiger partial charge in [-0.15, -0.1) is 0 Å². The Bertz CT molecular complexity index is 642. The third-order valence-corrected chi connectivity index (χ3v) is 3.62. The molecular weight excluding hydrogens is 321 g/mol. The van der Waals surface area contributed by atoms with Crippen molar-refractivity contribution in [3.8, 4) is 0 Å². The molecule has 1 unspecified atom stereocenters. The second kappa shape index (κ2) is 6.18. The Morgan fingerprint density at radius 2 is 2.00 bits per heavy atom. The Balaban J connectivity index is 2.13. The van der Waals surface area contributed by atoms with Crippen molar-refractivity contribution < 1.29 is 9.18 Å². The maximum atomic E-state index is 13.5. The molecule has 0 radical (unpaired) electrons. The summed E-state index contributed by atoms with van der Waals surface area (Å²) < 4.78 is 14.4. The summed E-state index contributed by atoms with van der Waals surface area (Å²) in [5.41, 5.74) is 1.91. The molecule has 2 aromatic carbocycles. The van der Waals surface area contributed by atoms with Crippen LogP contribution in [0.25, 0.3) is 0 Å². The maximum absolute atomic E-state index is 13.5. The van der Waals surface area contributed by atoms with Crippen molar-refractivity contribution in [1.29, 1.82) is 0 Å². The summed E-state index contributed by atoms with van der Waals surface area (Å²) >= 11 is 3.33. The zero-order chi connectivity index (χ0) is 14.7. The van der Waals surface area contributed by atoms with Crippen molar-refractivity contribution in [3.05, 3.63) is 69.4 Å². The van der Waals surface area contributed by atoms with Crippen LogP contribution in [-0.2, 0) is 0 Å². The molecule has 20 heavy (non-hydrogen) atoms. The van der Waals surface area contributed by atoms with Crippen LogP contribution in [0.4, 0.5) is 4.39 Å². The zero-order valence-corrected chi connectivity index (χ0v) is 12.9. The molecule has 0 bridgehead atoms. The molecule has 0 aromatic heterocycles. The van der Waals surface area contributed by atoms with Gasteiger partial charge in [-0.05, 0) is 49.2 Å². The van der Waals surface area contributed by atoms with Gasteiger partial charge in [-0.3, -0.25) is 4.79 Å². The van der Waals surface area contributed by atoms with Crippen LogP contribution in [0.3, 0.4) is 0 Å². The number of hydrogen-bond acceptors (Lipinski definition) is 1. The first-order chi connectivity index (χ1) is 9.47. The molecule has 0 aliphatic heterocycles. The highest BCUT2D eigenvalue weighted by Crippen LogP contribution is 2.17. The van der Waals surface area contributed by atoms with Gasteiger partial charge in [0.05, 0.1) is 6.04 Å². The predicted octanol–water partition coefficient (Wildman–Crippen LogP) is 4.39. The molecule has 1 N–H and O–H groups in total. The van der Waals surface area contributed by atoms with E-state index in [1.54, 1.807) is 31.2 Å². The molecular formula is C16H15BrFNO. The third-order valence-electron chi connectivity index (χ3n) is 3.13. The molecule has 1 amide bonds. The molecule has 0 saturated carbocycles. The zero-order valence-electron chi connectivity index (χ0n) is 11.3. The van der Waals surface area contributed by atoms with Crippen LogP contribution in [-0.4, -0.2) is 5.91 Å². The first kappa shape index (κ1) is 14.7. The van der Waals surface area contributed by atoms with E-state index in [0.717, 1.165) is 10.0 Å². The van der Waals surface area contributed by atoms with Gasteiger partial charge in [-0.1, -0.05) is 34.1 Å². The highest BCUT2D eigenvalue weighted by Gasteiger charge is 2.12. The van der Waals surface area contributed by atoms with Crippen molar-refractivity contribution >= 4 is 21.8 Å². The monoisotopic (exact) mass is 335 g/mol. The fourth-order valence-electron chi connectivity index (χ4n) is 1.87. The maximum Gasteiger partial charge on any atom is 0.251 e. The van der Waals surface area contributed by atoms with Crippen LogP contribution in [0.15, 0.2) is 46.9 Å². The minimum absolute atomic E-state index is 0.181. The minimum Gasteiger partial charge on any atom is -0.346 e. The summed E-state index contributed by atoms with van der Waals surface area (Å²) in [6.45, 7) is 3.55. The Morgan fingerprint density at radius 3 is 2.65 bits per heavy atom. The Kier molecular flexibility index (Phi) is 4.55. The first-order valence-electron chi connectivity index (χ1n) is 6.30. The van der Waals surface area contributed by atoms with Gasteiger partial charge in [-0.25, -0.2) is 4.39 Å². The van der Waals surface area contributed by atoms with Crippen molar-refractivity contribution in [2.75, 3.05) is 0 Å². The molecule has 0 aliphatic rings. The van der Waals surface area contributed by atoms with E-state index >= 15 is 0 Å². The molecule has 2 aromatic rings. The van der Waals surface area contributed by atoms with Gasteiger partial charge in [0, 0.05) is 10.0 Å². The van der Waals surface area contributed by atoms with E-state index < -0.39 is 0 Å². The summed E-state index contributed by atoms with van der Waals surface area (Å²) in [5, 5.41) is 2.86. The van der Waals surface area contributed by atoms with E-state index in [9.17, 15) is 9.18 Å². The summed E-state index contributed by atoms with van der Waals surface area (Å²) in [6.07, 6.45) is 0. The van der Waals surface area contributed by atoms with Gasteiger partial charge in [-0.2, -0.15) is 0 Å². The molecule has 2 nitrogen and oxygen atoms in total. The highest BCUT2D eigenvalue weighted by atomic mass is 79.9. The van der Waals surface area contributed by atoms with Crippen LogP contribution < -0.4 is 5.32 Å². The van der Waals surface area contributed by atoms with Crippen molar-refractivity contribution in [1.82, 2.24) is 5.32 Å². The number of rotatable bonds is 3. The molecule has 104 valence electrons. The SMILES string of the molecule is Cc1ccc(C(C)NC(=O)c2cccc(Br)c2)cc1F. The number of aryl methyl sites for hydroxylation is 1. The molecule has 1 atom stereocenters. The minimum atomic E-state index is -0.258. The number of nitrogens with one attached hydrogen (secondary N) is 1. The molecule has 4 heteroatoms. The topological polar surface area (TPSA) is 29.1 Å². The molecule has 0 aliphatic carbocycles. The van der Waals surface area contributed by atoms with Crippen molar-refractivity contribution in [3.63, 3.8) is 0 Å². The van der Waals surface area contributed by atoms with Gasteiger partial charge in [0.2, 0.25) is 0 Å². The number of amides is 1. The quantitative estimate of drug-likeness (QED) is 0.885. The van der Waals surface area contributed by atoms with Crippen LogP contribution in [0, 0.1) is 12.7 Å². The van der Waals surface area contributed by atoms with Crippen LogP contribution in [0.1, 0.15) is 34.5 Å². The summed E-state index contributed by atoms with van der Waals surface area (Å²) in [5.74, 6) is -0.439. The van der Waals surface area contributed by atoms with Crippen LogP contribution in [0.5, 0.6) is 0 Å². The van der Waals surface area contributed by atoms with Gasteiger partial charge < -0.3 is 5.32 Å². The standard InChI is InChI=1S/C16H15BrFNO/c1-10-6-7-12(9-15(10)18)11(2)19-16(20)13-4-3-5-14(17)8-13/h3-9,11H,1-2H3,(H,19,20). The number of benzene rings is 2. The largest absolute Gasteiger partial charge is 0.346 e. The molecule has 0 saturated heterocycles. The average Bonchev–Trinajstić information content (AvgIpc) is 2.41. The van der Waals surface area contributed by atoms with E-state index in [2.05, 4.69) is 21.2 Å². The van der Waals surface area contributed by atoms with E-state index in [4.69, 9.17) is 0 Å². The van der Waals surface area contributed by atoms with Gasteiger partial charge in [0.25, 0.3) is 5.91 Å². The van der Waals surface area contributed by atoms with Crippen molar-refractivity contribution in [2.45, 2.75) is 19.9 Å². The van der Waals surface area contributed by atoms with Gasteiger partial charge in [0.1, 0.15) is 5.82 Å². The summed E-state index contributed by atoms with van der Waals surface area (Å²) in [6, 6.07) is 11.9. The van der Waals surface area contributed by atoms with E-state index in [0.29, 0.717) is 11.1 Å². The Hall–Kier alpha value is -1.68. The molecule has 2 rings (SSSR count). The Morgan fingerprint density at radius 1 is 1.25 bits per heavy atom. The number of hydrogen-bond donors (Lipinski definition) is 1. The summed E-state index contributed by atoms with van der Waals surface area (Å²) in [7, 11) is 0. The highest BCUT2D eigenvalue weighted by molar-refractivity contribution is 9.10. The average molecular weight is 336 g/mol. The second-order valence-electron chi connectivity index (χ2n) is 4.71. The summed E-state index contributed by atoms with van der Waals surface area (Å²) in [4.78, 5) is 12.1. The van der Waals surface area contributed by atoms with Crippen molar-refractivity contribution in [2.24, 2.45) is 0 Å². The second-order valence-corrected chi connectivity index (χ2v) is 5.63. The lowest BCUT2D eigenvalue weighted by molar-refractivity contribution is 0.0939. The number of carbonyl (C=O) groups is 1. The number of halogens is 2. The molecule has 0 spiro atoms. The lowest BCUT2D eigenvalue weighted by Crippen LogP contribution is -2.26. The lowest BCUT2D eigenvalue weighted by Gasteiger charge is -2.15. The molecule has 0 fully saturated rings. The van der Waals surface area contributed by atoms with Gasteiger partial charge >= 0.3 is 0 Å². The lowest BCUT2D eigenvalue weighted by atomic mass is 10.1. The number of carbonyl (C=O) groups excluding carboxylic acids is 1. The smallest absolute Gasteiger partial charge is 0.251 e. The van der Waals surface area contributed by atoms with E-state index in [-0.39, 0.29) is 17.8 Å². The molecule has 0 heterocycles. The van der Waals surface area contributed by atoms with Crippen LogP contribution in [0.2, 0.25) is 0 Å².